The third-order valence-corrected chi connectivity index (χ3v) is 6.76. The van der Waals surface area contributed by atoms with Gasteiger partial charge in [-0.1, -0.05) is 60.7 Å². The molecule has 1 aliphatic rings. The maximum atomic E-state index is 13.8. The highest BCUT2D eigenvalue weighted by atomic mass is 35.5. The first-order chi connectivity index (χ1) is 17.2. The highest BCUT2D eigenvalue weighted by molar-refractivity contribution is 5.89. The molecule has 186 valence electrons. The van der Waals surface area contributed by atoms with E-state index in [1.54, 1.807) is 10.9 Å². The minimum absolute atomic E-state index is 0. The Balaban J connectivity index is 0.00000304. The molecule has 0 amide bonds. The fraction of sp³-hybridized carbons (Fsp3) is 0.321. The molecule has 0 spiro atoms. The minimum Gasteiger partial charge on any atom is -0.355 e. The molecule has 4 aromatic rings. The lowest BCUT2D eigenvalue weighted by atomic mass is 10.1. The van der Waals surface area contributed by atoms with Crippen molar-refractivity contribution < 1.29 is 0 Å². The number of piperidine rings is 1. The average molecular weight is 503 g/mol. The van der Waals surface area contributed by atoms with Gasteiger partial charge in [-0.25, -0.2) is 4.98 Å². The predicted octanol–water partition coefficient (Wildman–Crippen LogP) is 4.10. The summed E-state index contributed by atoms with van der Waals surface area (Å²) in [5, 5.41) is 10.2. The molecule has 0 bridgehead atoms. The molecule has 7 nitrogen and oxygen atoms in total. The summed E-state index contributed by atoms with van der Waals surface area (Å²) in [6.07, 6.45) is 5.22. The Morgan fingerprint density at radius 2 is 1.75 bits per heavy atom. The number of aromatic nitrogens is 3. The number of anilines is 1. The first kappa shape index (κ1) is 25.5. The molecule has 1 saturated heterocycles. The summed E-state index contributed by atoms with van der Waals surface area (Å²) in [4.78, 5) is 20.6. The predicted molar refractivity (Wildman–Crippen MR) is 146 cm³/mol. The van der Waals surface area contributed by atoms with Crippen LogP contribution in [0, 0.1) is 11.3 Å². The zero-order valence-electron chi connectivity index (χ0n) is 20.2. The van der Waals surface area contributed by atoms with Crippen molar-refractivity contribution in [3.63, 3.8) is 0 Å². The molecule has 5 rings (SSSR count). The third-order valence-electron chi connectivity index (χ3n) is 6.76. The highest BCUT2D eigenvalue weighted by Crippen LogP contribution is 2.32. The number of rotatable bonds is 7. The third kappa shape index (κ3) is 5.15. The maximum Gasteiger partial charge on any atom is 0.277 e. The van der Waals surface area contributed by atoms with Gasteiger partial charge in [-0.2, -0.15) is 5.26 Å². The van der Waals surface area contributed by atoms with E-state index in [-0.39, 0.29) is 24.0 Å². The molecule has 3 heterocycles. The zero-order valence-corrected chi connectivity index (χ0v) is 21.0. The largest absolute Gasteiger partial charge is 0.355 e. The summed E-state index contributed by atoms with van der Waals surface area (Å²) < 4.78 is 3.67. The van der Waals surface area contributed by atoms with Crippen molar-refractivity contribution in [2.75, 3.05) is 18.0 Å². The monoisotopic (exact) mass is 502 g/mol. The topological polar surface area (TPSA) is 92.9 Å². The second kappa shape index (κ2) is 11.4. The van der Waals surface area contributed by atoms with Gasteiger partial charge >= 0.3 is 0 Å². The van der Waals surface area contributed by atoms with Crippen LogP contribution in [0.5, 0.6) is 0 Å². The van der Waals surface area contributed by atoms with Gasteiger partial charge in [0.2, 0.25) is 0 Å². The molecular weight excluding hydrogens is 472 g/mol. The fourth-order valence-corrected chi connectivity index (χ4v) is 5.06. The van der Waals surface area contributed by atoms with Gasteiger partial charge in [0, 0.05) is 32.2 Å². The van der Waals surface area contributed by atoms with E-state index >= 15 is 0 Å². The Morgan fingerprint density at radius 3 is 2.42 bits per heavy atom. The van der Waals surface area contributed by atoms with Crippen molar-refractivity contribution in [1.82, 2.24) is 14.1 Å². The first-order valence-corrected chi connectivity index (χ1v) is 12.3. The molecule has 36 heavy (non-hydrogen) atoms. The molecule has 2 aromatic heterocycles. The van der Waals surface area contributed by atoms with Gasteiger partial charge < -0.3 is 15.2 Å². The van der Waals surface area contributed by atoms with Crippen molar-refractivity contribution in [2.45, 2.75) is 44.8 Å². The summed E-state index contributed by atoms with van der Waals surface area (Å²) in [7, 11) is 0. The second-order valence-corrected chi connectivity index (χ2v) is 9.26. The lowest BCUT2D eigenvalue weighted by molar-refractivity contribution is 0.498. The van der Waals surface area contributed by atoms with E-state index in [9.17, 15) is 10.1 Å². The molecule has 1 fully saturated rings. The van der Waals surface area contributed by atoms with E-state index in [0.717, 1.165) is 43.6 Å². The van der Waals surface area contributed by atoms with E-state index in [2.05, 4.69) is 28.1 Å². The van der Waals surface area contributed by atoms with Gasteiger partial charge in [-0.05, 0) is 36.8 Å². The SMILES string of the molecule is Cl.N#Cc1c(N2CCC[C@H](N)C2)n(Cc2ccccc2)c2c(=O)n(CCCc3ccccc3)cnc12. The van der Waals surface area contributed by atoms with Crippen LogP contribution < -0.4 is 16.2 Å². The van der Waals surface area contributed by atoms with Crippen molar-refractivity contribution in [3.05, 3.63) is 94.0 Å². The zero-order chi connectivity index (χ0) is 24.2. The number of halogens is 1. The van der Waals surface area contributed by atoms with Crippen molar-refractivity contribution in [2.24, 2.45) is 5.73 Å². The number of fused-ring (bicyclic) bond motifs is 1. The molecule has 8 heteroatoms. The normalized spacial score (nSPS) is 15.4. The number of aryl methyl sites for hydroxylation is 2. The molecule has 0 saturated carbocycles. The van der Waals surface area contributed by atoms with Crippen molar-refractivity contribution >= 4 is 29.3 Å². The molecule has 1 aliphatic heterocycles. The summed E-state index contributed by atoms with van der Waals surface area (Å²) in [5.41, 5.74) is 9.92. The number of hydrogen-bond donors (Lipinski definition) is 1. The van der Waals surface area contributed by atoms with E-state index < -0.39 is 0 Å². The number of hydrogen-bond acceptors (Lipinski definition) is 5. The smallest absolute Gasteiger partial charge is 0.277 e. The summed E-state index contributed by atoms with van der Waals surface area (Å²) in [6.45, 7) is 2.52. The fourth-order valence-electron chi connectivity index (χ4n) is 5.06. The second-order valence-electron chi connectivity index (χ2n) is 9.26. The van der Waals surface area contributed by atoms with Crippen LogP contribution in [0.4, 0.5) is 5.82 Å². The summed E-state index contributed by atoms with van der Waals surface area (Å²) in [6, 6.07) is 22.7. The quantitative estimate of drug-likeness (QED) is 0.410. The summed E-state index contributed by atoms with van der Waals surface area (Å²) >= 11 is 0. The Kier molecular flexibility index (Phi) is 8.09. The van der Waals surface area contributed by atoms with Crippen LogP contribution in [-0.4, -0.2) is 33.2 Å². The lowest BCUT2D eigenvalue weighted by Crippen LogP contribution is -2.44. The molecule has 0 radical (unpaired) electrons. The molecule has 1 atom stereocenters. The van der Waals surface area contributed by atoms with Crippen molar-refractivity contribution in [1.29, 1.82) is 5.26 Å². The lowest BCUT2D eigenvalue weighted by Gasteiger charge is -2.33. The molecule has 2 N–H and O–H groups in total. The Hall–Kier alpha value is -3.60. The van der Waals surface area contributed by atoms with Crippen LogP contribution in [0.25, 0.3) is 11.0 Å². The molecule has 2 aromatic carbocycles. The minimum atomic E-state index is -0.108. The Morgan fingerprint density at radius 1 is 1.06 bits per heavy atom. The first-order valence-electron chi connectivity index (χ1n) is 12.3. The molecular formula is C28H31ClN6O. The summed E-state index contributed by atoms with van der Waals surface area (Å²) in [5.74, 6) is 0.758. The molecule has 0 aliphatic carbocycles. The van der Waals surface area contributed by atoms with Gasteiger partial charge in [0.25, 0.3) is 5.56 Å². The standard InChI is InChI=1S/C28H30N6O.ClH/c29-17-24-25-26(28(35)33(20-31-25)16-7-13-21-9-3-1-4-10-21)34(18-22-11-5-2-6-12-22)27(24)32-15-8-14-23(30)19-32;/h1-6,9-12,20,23H,7-8,13-16,18-19,30H2;1H/t23-;/m0./s1. The number of nitrogens with two attached hydrogens (primary N) is 1. The van der Waals surface area contributed by atoms with Crippen molar-refractivity contribution in [3.8, 4) is 6.07 Å². The van der Waals surface area contributed by atoms with Gasteiger partial charge in [-0.3, -0.25) is 9.36 Å². The number of nitriles is 1. The van der Waals surface area contributed by atoms with Crippen LogP contribution in [0.15, 0.2) is 71.8 Å². The van der Waals surface area contributed by atoms with Gasteiger partial charge in [0.15, 0.2) is 0 Å². The van der Waals surface area contributed by atoms with E-state index in [1.165, 1.54) is 5.56 Å². The maximum absolute atomic E-state index is 13.8. The Labute approximate surface area is 217 Å². The van der Waals surface area contributed by atoms with Gasteiger partial charge in [-0.15, -0.1) is 12.4 Å². The van der Waals surface area contributed by atoms with E-state index in [4.69, 9.17) is 5.73 Å². The number of nitrogens with zero attached hydrogens (tertiary/aromatic N) is 5. The van der Waals surface area contributed by atoms with Crippen LogP contribution in [0.3, 0.4) is 0 Å². The van der Waals surface area contributed by atoms with E-state index in [1.807, 2.05) is 53.1 Å². The molecule has 0 unspecified atom stereocenters. The number of benzene rings is 2. The van der Waals surface area contributed by atoms with Gasteiger partial charge in [0.05, 0.1) is 6.33 Å². The average Bonchev–Trinajstić information content (AvgIpc) is 3.20. The highest BCUT2D eigenvalue weighted by Gasteiger charge is 2.28. The van der Waals surface area contributed by atoms with Crippen LogP contribution in [0.2, 0.25) is 0 Å². The van der Waals surface area contributed by atoms with Gasteiger partial charge in [0.1, 0.15) is 28.5 Å². The van der Waals surface area contributed by atoms with Crippen LogP contribution in [-0.2, 0) is 19.5 Å². The van der Waals surface area contributed by atoms with E-state index in [0.29, 0.717) is 36.2 Å². The van der Waals surface area contributed by atoms with Crippen LogP contribution >= 0.6 is 12.4 Å². The Bertz CT molecular complexity index is 1410. The van der Waals surface area contributed by atoms with Crippen LogP contribution in [0.1, 0.15) is 36.0 Å².